The molecular weight excluding hydrogens is 298 g/mol. The molecule has 1 amide bonds. The molecule has 0 unspecified atom stereocenters. The first-order chi connectivity index (χ1) is 11.8. The first-order valence-corrected chi connectivity index (χ1v) is 10.7. The molecule has 0 atom stereocenters. The van der Waals surface area contributed by atoms with Gasteiger partial charge in [0.2, 0.25) is 0 Å². The average Bonchev–Trinajstić information content (AvgIpc) is 2.59. The van der Waals surface area contributed by atoms with Gasteiger partial charge in [0.25, 0.3) is 0 Å². The Morgan fingerprint density at radius 3 is 1.50 bits per heavy atom. The highest BCUT2D eigenvalue weighted by atomic mass is 16.6. The summed E-state index contributed by atoms with van der Waals surface area (Å²) in [6, 6.07) is 0. The Morgan fingerprint density at radius 2 is 1.04 bits per heavy atom. The SMILES string of the molecule is CCCCCCCCN(CCCCCCCC)C(=O)OCCCC. The summed E-state index contributed by atoms with van der Waals surface area (Å²) in [6.07, 6.45) is 17.1. The third-order valence-electron chi connectivity index (χ3n) is 4.54. The number of unbranched alkanes of at least 4 members (excludes halogenated alkanes) is 11. The number of nitrogens with zero attached hydrogens (tertiary/aromatic N) is 1. The maximum absolute atomic E-state index is 12.3. The van der Waals surface area contributed by atoms with E-state index >= 15 is 0 Å². The number of hydrogen-bond donors (Lipinski definition) is 0. The smallest absolute Gasteiger partial charge is 0.409 e. The van der Waals surface area contributed by atoms with Gasteiger partial charge >= 0.3 is 6.09 Å². The second kappa shape index (κ2) is 18.6. The zero-order chi connectivity index (χ0) is 17.9. The maximum atomic E-state index is 12.3. The lowest BCUT2D eigenvalue weighted by molar-refractivity contribution is 0.0994. The highest BCUT2D eigenvalue weighted by Gasteiger charge is 2.13. The maximum Gasteiger partial charge on any atom is 0.409 e. The van der Waals surface area contributed by atoms with Crippen LogP contribution < -0.4 is 0 Å². The molecule has 0 aliphatic rings. The molecule has 0 aliphatic carbocycles. The van der Waals surface area contributed by atoms with E-state index in [0.717, 1.165) is 38.8 Å². The van der Waals surface area contributed by atoms with Gasteiger partial charge in [-0.3, -0.25) is 0 Å². The average molecular weight is 342 g/mol. The van der Waals surface area contributed by atoms with Gasteiger partial charge in [0.15, 0.2) is 0 Å². The Morgan fingerprint density at radius 1 is 0.625 bits per heavy atom. The van der Waals surface area contributed by atoms with Gasteiger partial charge in [-0.15, -0.1) is 0 Å². The normalized spacial score (nSPS) is 10.8. The molecule has 0 saturated carbocycles. The molecule has 3 heteroatoms. The molecule has 0 spiro atoms. The third kappa shape index (κ3) is 14.8. The fourth-order valence-electron chi connectivity index (χ4n) is 2.86. The molecule has 0 aromatic carbocycles. The van der Waals surface area contributed by atoms with Crippen molar-refractivity contribution in [3.05, 3.63) is 0 Å². The minimum atomic E-state index is -0.0921. The molecule has 0 rings (SSSR count). The molecule has 0 radical (unpaired) electrons. The lowest BCUT2D eigenvalue weighted by atomic mass is 10.1. The molecule has 0 aromatic heterocycles. The number of amides is 1. The van der Waals surface area contributed by atoms with E-state index in [-0.39, 0.29) is 6.09 Å². The summed E-state index contributed by atoms with van der Waals surface area (Å²) in [5.41, 5.74) is 0. The van der Waals surface area contributed by atoms with E-state index in [1.54, 1.807) is 0 Å². The first-order valence-electron chi connectivity index (χ1n) is 10.7. The topological polar surface area (TPSA) is 29.5 Å². The Labute approximate surface area is 151 Å². The van der Waals surface area contributed by atoms with Crippen LogP contribution in [0.2, 0.25) is 0 Å². The van der Waals surface area contributed by atoms with Crippen LogP contribution in [0.5, 0.6) is 0 Å². The van der Waals surface area contributed by atoms with E-state index in [4.69, 9.17) is 4.74 Å². The van der Waals surface area contributed by atoms with E-state index in [1.807, 2.05) is 4.90 Å². The Bertz CT molecular complexity index is 253. The molecule has 0 fully saturated rings. The van der Waals surface area contributed by atoms with Crippen LogP contribution in [0.4, 0.5) is 4.79 Å². The molecule has 0 aromatic rings. The first kappa shape index (κ1) is 23.3. The van der Waals surface area contributed by atoms with Crippen molar-refractivity contribution in [2.75, 3.05) is 19.7 Å². The van der Waals surface area contributed by atoms with Crippen molar-refractivity contribution < 1.29 is 9.53 Å². The van der Waals surface area contributed by atoms with E-state index < -0.39 is 0 Å². The van der Waals surface area contributed by atoms with Crippen molar-refractivity contribution in [3.8, 4) is 0 Å². The summed E-state index contributed by atoms with van der Waals surface area (Å²) in [7, 11) is 0. The van der Waals surface area contributed by atoms with Crippen LogP contribution in [0.15, 0.2) is 0 Å². The minimum absolute atomic E-state index is 0.0921. The zero-order valence-corrected chi connectivity index (χ0v) is 16.8. The summed E-state index contributed by atoms with van der Waals surface area (Å²) in [6.45, 7) is 8.91. The van der Waals surface area contributed by atoms with Gasteiger partial charge in [0.05, 0.1) is 6.61 Å². The predicted molar refractivity (Wildman–Crippen MR) is 105 cm³/mol. The highest BCUT2D eigenvalue weighted by Crippen LogP contribution is 2.10. The Balaban J connectivity index is 3.97. The van der Waals surface area contributed by atoms with Crippen molar-refractivity contribution in [2.24, 2.45) is 0 Å². The van der Waals surface area contributed by atoms with Gasteiger partial charge in [-0.05, 0) is 19.3 Å². The molecule has 0 bridgehead atoms. The number of rotatable bonds is 17. The zero-order valence-electron chi connectivity index (χ0n) is 16.8. The number of carbonyl (C=O) groups is 1. The number of carbonyl (C=O) groups excluding carboxylic acids is 1. The van der Waals surface area contributed by atoms with Gasteiger partial charge in [-0.2, -0.15) is 0 Å². The number of hydrogen-bond acceptors (Lipinski definition) is 2. The van der Waals surface area contributed by atoms with Crippen LogP contribution in [0.1, 0.15) is 111 Å². The minimum Gasteiger partial charge on any atom is -0.449 e. The second-order valence-electron chi connectivity index (χ2n) is 6.99. The van der Waals surface area contributed by atoms with E-state index in [9.17, 15) is 4.79 Å². The van der Waals surface area contributed by atoms with Crippen LogP contribution in [0.25, 0.3) is 0 Å². The van der Waals surface area contributed by atoms with Gasteiger partial charge in [0, 0.05) is 13.1 Å². The summed E-state index contributed by atoms with van der Waals surface area (Å²) < 4.78 is 5.42. The Hall–Kier alpha value is -0.730. The second-order valence-corrected chi connectivity index (χ2v) is 6.99. The molecule has 0 heterocycles. The van der Waals surface area contributed by atoms with Crippen LogP contribution >= 0.6 is 0 Å². The van der Waals surface area contributed by atoms with E-state index in [0.29, 0.717) is 6.61 Å². The fourth-order valence-corrected chi connectivity index (χ4v) is 2.86. The quantitative estimate of drug-likeness (QED) is 0.268. The fraction of sp³-hybridized carbons (Fsp3) is 0.952. The van der Waals surface area contributed by atoms with Gasteiger partial charge < -0.3 is 9.64 Å². The van der Waals surface area contributed by atoms with Crippen molar-refractivity contribution in [2.45, 2.75) is 111 Å². The van der Waals surface area contributed by atoms with Crippen LogP contribution in [-0.2, 0) is 4.74 Å². The van der Waals surface area contributed by atoms with Crippen molar-refractivity contribution in [1.29, 1.82) is 0 Å². The Kier molecular flexibility index (Phi) is 18.0. The summed E-state index contributed by atoms with van der Waals surface area (Å²) >= 11 is 0. The largest absolute Gasteiger partial charge is 0.449 e. The molecule has 0 aliphatic heterocycles. The van der Waals surface area contributed by atoms with Crippen LogP contribution in [-0.4, -0.2) is 30.7 Å². The van der Waals surface area contributed by atoms with Crippen LogP contribution in [0.3, 0.4) is 0 Å². The van der Waals surface area contributed by atoms with Gasteiger partial charge in [-0.1, -0.05) is 91.4 Å². The highest BCUT2D eigenvalue weighted by molar-refractivity contribution is 5.67. The molecule has 24 heavy (non-hydrogen) atoms. The lowest BCUT2D eigenvalue weighted by Crippen LogP contribution is -2.33. The summed E-state index contributed by atoms with van der Waals surface area (Å²) in [4.78, 5) is 14.2. The van der Waals surface area contributed by atoms with E-state index in [1.165, 1.54) is 64.2 Å². The van der Waals surface area contributed by atoms with E-state index in [2.05, 4.69) is 20.8 Å². The summed E-state index contributed by atoms with van der Waals surface area (Å²) in [5.74, 6) is 0. The molecule has 0 saturated heterocycles. The predicted octanol–water partition coefficient (Wildman–Crippen LogP) is 6.95. The van der Waals surface area contributed by atoms with Crippen molar-refractivity contribution in [3.63, 3.8) is 0 Å². The standard InChI is InChI=1S/C21H43NO2/c1-4-7-10-12-14-16-18-22(21(23)24-20-9-6-3)19-17-15-13-11-8-5-2/h4-20H2,1-3H3. The van der Waals surface area contributed by atoms with Crippen LogP contribution in [0, 0.1) is 0 Å². The van der Waals surface area contributed by atoms with Crippen molar-refractivity contribution in [1.82, 2.24) is 4.90 Å². The molecule has 3 nitrogen and oxygen atoms in total. The third-order valence-corrected chi connectivity index (χ3v) is 4.54. The lowest BCUT2D eigenvalue weighted by Gasteiger charge is -2.22. The molecule has 0 N–H and O–H groups in total. The number of ether oxygens (including phenoxy) is 1. The molecular formula is C21H43NO2. The van der Waals surface area contributed by atoms with Gasteiger partial charge in [0.1, 0.15) is 0 Å². The summed E-state index contributed by atoms with van der Waals surface area (Å²) in [5, 5.41) is 0. The molecule has 144 valence electrons. The van der Waals surface area contributed by atoms with Gasteiger partial charge in [-0.25, -0.2) is 4.79 Å². The monoisotopic (exact) mass is 341 g/mol. The van der Waals surface area contributed by atoms with Crippen molar-refractivity contribution >= 4 is 6.09 Å².